The van der Waals surface area contributed by atoms with Crippen molar-refractivity contribution < 1.29 is 8.42 Å². The van der Waals surface area contributed by atoms with E-state index in [4.69, 9.17) is 0 Å². The van der Waals surface area contributed by atoms with Crippen LogP contribution >= 0.6 is 0 Å². The molecule has 3 heterocycles. The van der Waals surface area contributed by atoms with Crippen molar-refractivity contribution in [2.45, 2.75) is 18.2 Å². The minimum atomic E-state index is -3.21. The van der Waals surface area contributed by atoms with E-state index in [9.17, 15) is 8.42 Å². The number of nitrogens with one attached hydrogen (secondary N) is 2. The van der Waals surface area contributed by atoms with E-state index >= 15 is 0 Å². The summed E-state index contributed by atoms with van der Waals surface area (Å²) in [7, 11) is -3.21. The lowest BCUT2D eigenvalue weighted by Gasteiger charge is -2.06. The van der Waals surface area contributed by atoms with Gasteiger partial charge in [-0.2, -0.15) is 0 Å². The fourth-order valence-electron chi connectivity index (χ4n) is 2.95. The number of aromatic amines is 1. The van der Waals surface area contributed by atoms with Crippen LogP contribution in [0.2, 0.25) is 0 Å². The summed E-state index contributed by atoms with van der Waals surface area (Å²) in [5, 5.41) is 4.18. The molecule has 0 amide bonds. The van der Waals surface area contributed by atoms with Crippen LogP contribution in [0.5, 0.6) is 0 Å². The topological polar surface area (TPSA) is 101 Å². The van der Waals surface area contributed by atoms with E-state index in [1.165, 1.54) is 6.26 Å². The Balaban J connectivity index is 1.48. The molecule has 2 N–H and O–H groups in total. The lowest BCUT2D eigenvalue weighted by Crippen LogP contribution is -2.00. The Labute approximate surface area is 162 Å². The van der Waals surface area contributed by atoms with Crippen molar-refractivity contribution in [3.63, 3.8) is 0 Å². The van der Waals surface area contributed by atoms with E-state index in [2.05, 4.69) is 31.3 Å². The van der Waals surface area contributed by atoms with Gasteiger partial charge >= 0.3 is 0 Å². The monoisotopic (exact) mass is 393 g/mol. The van der Waals surface area contributed by atoms with Gasteiger partial charge in [0.25, 0.3) is 0 Å². The van der Waals surface area contributed by atoms with Crippen LogP contribution in [0.1, 0.15) is 16.7 Å². The van der Waals surface area contributed by atoms with Crippen molar-refractivity contribution in [1.29, 1.82) is 0 Å². The van der Waals surface area contributed by atoms with E-state index < -0.39 is 9.84 Å². The summed E-state index contributed by atoms with van der Waals surface area (Å²) in [4.78, 5) is 16.6. The van der Waals surface area contributed by atoms with Gasteiger partial charge in [-0.3, -0.25) is 0 Å². The molecule has 0 saturated carbocycles. The molecule has 4 aromatic rings. The molecular weight excluding hydrogens is 374 g/mol. The molecule has 8 heteroatoms. The average molecular weight is 393 g/mol. The second kappa shape index (κ2) is 7.05. The Morgan fingerprint density at radius 3 is 2.43 bits per heavy atom. The number of hydrogen-bond acceptors (Lipinski definition) is 6. The summed E-state index contributed by atoms with van der Waals surface area (Å²) >= 11 is 0. The van der Waals surface area contributed by atoms with Crippen molar-refractivity contribution in [1.82, 2.24) is 19.9 Å². The van der Waals surface area contributed by atoms with Crippen molar-refractivity contribution in [2.75, 3.05) is 11.6 Å². The number of H-pyrrole nitrogens is 1. The molecule has 0 aliphatic carbocycles. The number of nitrogens with zero attached hydrogens (tertiary/aromatic N) is 3. The molecule has 28 heavy (non-hydrogen) atoms. The van der Waals surface area contributed by atoms with Gasteiger partial charge in [-0.1, -0.05) is 0 Å². The van der Waals surface area contributed by atoms with Gasteiger partial charge in [-0.25, -0.2) is 23.4 Å². The zero-order valence-electron chi connectivity index (χ0n) is 15.5. The van der Waals surface area contributed by atoms with Crippen LogP contribution in [0.3, 0.4) is 0 Å². The largest absolute Gasteiger partial charge is 0.346 e. The molecule has 0 atom stereocenters. The predicted molar refractivity (Wildman–Crippen MR) is 109 cm³/mol. The molecule has 0 unspecified atom stereocenters. The molecule has 1 aromatic carbocycles. The number of sulfone groups is 1. The fraction of sp³-hybridized carbons (Fsp3) is 0.150. The summed E-state index contributed by atoms with van der Waals surface area (Å²) in [5.41, 5.74) is 4.84. The SMILES string of the molecule is Cc1cnc2[nH]cc(Cc3cnc(Nc4ccc(S(C)(=O)=O)cc4)nc3)c2c1. The standard InChI is InChI=1S/C20H19N5O2S/c1-13-7-18-15(12-22-19(18)21-9-13)8-14-10-23-20(24-11-14)25-16-3-5-17(6-4-16)28(2,26)27/h3-7,9-12H,8H2,1-2H3,(H,21,22)(H,23,24,25). The van der Waals surface area contributed by atoms with Gasteiger partial charge in [0.1, 0.15) is 5.65 Å². The molecule has 0 radical (unpaired) electrons. The first-order valence-corrected chi connectivity index (χ1v) is 10.6. The Hall–Kier alpha value is -3.26. The Kier molecular flexibility index (Phi) is 4.56. The van der Waals surface area contributed by atoms with Gasteiger partial charge in [0.2, 0.25) is 5.95 Å². The highest BCUT2D eigenvalue weighted by atomic mass is 32.2. The average Bonchev–Trinajstić information content (AvgIpc) is 3.05. The molecule has 0 saturated heterocycles. The van der Waals surface area contributed by atoms with Crippen LogP contribution in [0, 0.1) is 6.92 Å². The molecule has 7 nitrogen and oxygen atoms in total. The first kappa shape index (κ1) is 18.1. The van der Waals surface area contributed by atoms with Crippen LogP contribution in [0.4, 0.5) is 11.6 Å². The van der Waals surface area contributed by atoms with Crippen LogP contribution < -0.4 is 5.32 Å². The Morgan fingerprint density at radius 2 is 1.75 bits per heavy atom. The number of fused-ring (bicyclic) bond motifs is 1. The van der Waals surface area contributed by atoms with Crippen molar-refractivity contribution in [3.05, 3.63) is 71.8 Å². The van der Waals surface area contributed by atoms with Crippen molar-refractivity contribution in [2.24, 2.45) is 0 Å². The van der Waals surface area contributed by atoms with Crippen LogP contribution in [-0.4, -0.2) is 34.6 Å². The maximum absolute atomic E-state index is 11.5. The number of hydrogen-bond donors (Lipinski definition) is 2. The van der Waals surface area contributed by atoms with Gasteiger partial charge in [-0.15, -0.1) is 0 Å². The van der Waals surface area contributed by atoms with Gasteiger partial charge in [0.05, 0.1) is 4.90 Å². The molecule has 0 aliphatic heterocycles. The highest BCUT2D eigenvalue weighted by molar-refractivity contribution is 7.90. The highest BCUT2D eigenvalue weighted by Crippen LogP contribution is 2.21. The minimum Gasteiger partial charge on any atom is -0.346 e. The third kappa shape index (κ3) is 3.86. The summed E-state index contributed by atoms with van der Waals surface area (Å²) in [5.74, 6) is 0.451. The number of aryl methyl sites for hydroxylation is 1. The predicted octanol–water partition coefficient (Wildman–Crippen LogP) is 3.40. The molecular formula is C20H19N5O2S. The lowest BCUT2D eigenvalue weighted by molar-refractivity contribution is 0.602. The quantitative estimate of drug-likeness (QED) is 0.539. The molecule has 3 aromatic heterocycles. The number of rotatable bonds is 5. The number of pyridine rings is 1. The van der Waals surface area contributed by atoms with Gasteiger partial charge < -0.3 is 10.3 Å². The van der Waals surface area contributed by atoms with E-state index in [1.54, 1.807) is 36.7 Å². The maximum atomic E-state index is 11.5. The molecule has 0 spiro atoms. The summed E-state index contributed by atoms with van der Waals surface area (Å²) in [6, 6.07) is 8.60. The zero-order chi connectivity index (χ0) is 19.7. The van der Waals surface area contributed by atoms with Crippen LogP contribution in [0.25, 0.3) is 11.0 Å². The normalized spacial score (nSPS) is 11.6. The third-order valence-electron chi connectivity index (χ3n) is 4.39. The first-order valence-electron chi connectivity index (χ1n) is 8.69. The summed E-state index contributed by atoms with van der Waals surface area (Å²) < 4.78 is 23.0. The van der Waals surface area contributed by atoms with Gasteiger partial charge in [-0.05, 0) is 53.9 Å². The Bertz CT molecular complexity index is 1230. The molecule has 0 fully saturated rings. The fourth-order valence-corrected chi connectivity index (χ4v) is 3.58. The first-order chi connectivity index (χ1) is 13.4. The number of aromatic nitrogens is 4. The molecule has 142 valence electrons. The van der Waals surface area contributed by atoms with Crippen molar-refractivity contribution >= 4 is 32.5 Å². The van der Waals surface area contributed by atoms with Gasteiger partial charge in [0, 0.05) is 48.5 Å². The third-order valence-corrected chi connectivity index (χ3v) is 5.52. The summed E-state index contributed by atoms with van der Waals surface area (Å²) in [6.45, 7) is 2.02. The van der Waals surface area contributed by atoms with E-state index in [0.717, 1.165) is 33.4 Å². The Morgan fingerprint density at radius 1 is 1.04 bits per heavy atom. The second-order valence-electron chi connectivity index (χ2n) is 6.74. The van der Waals surface area contributed by atoms with Crippen LogP contribution in [-0.2, 0) is 16.3 Å². The molecule has 0 aliphatic rings. The van der Waals surface area contributed by atoms with E-state index in [1.807, 2.05) is 19.3 Å². The number of anilines is 2. The van der Waals surface area contributed by atoms with Crippen molar-refractivity contribution in [3.8, 4) is 0 Å². The van der Waals surface area contributed by atoms with E-state index in [-0.39, 0.29) is 4.90 Å². The lowest BCUT2D eigenvalue weighted by atomic mass is 10.1. The second-order valence-corrected chi connectivity index (χ2v) is 8.75. The number of benzene rings is 1. The highest BCUT2D eigenvalue weighted by Gasteiger charge is 2.08. The zero-order valence-corrected chi connectivity index (χ0v) is 16.3. The van der Waals surface area contributed by atoms with E-state index in [0.29, 0.717) is 12.4 Å². The summed E-state index contributed by atoms with van der Waals surface area (Å²) in [6.07, 6.45) is 9.25. The van der Waals surface area contributed by atoms with Gasteiger partial charge in [0.15, 0.2) is 9.84 Å². The molecule has 4 rings (SSSR count). The molecule has 0 bridgehead atoms. The minimum absolute atomic E-state index is 0.276. The smallest absolute Gasteiger partial charge is 0.227 e. The maximum Gasteiger partial charge on any atom is 0.227 e. The van der Waals surface area contributed by atoms with Crippen LogP contribution in [0.15, 0.2) is 60.0 Å².